The number of nitrogens with zero attached hydrogens (tertiary/aromatic N) is 3. The van der Waals surface area contributed by atoms with Crippen molar-refractivity contribution in [3.05, 3.63) is 41.0 Å². The van der Waals surface area contributed by atoms with Gasteiger partial charge < -0.3 is 20.6 Å². The van der Waals surface area contributed by atoms with Crippen LogP contribution in [0.15, 0.2) is 29.8 Å². The van der Waals surface area contributed by atoms with Crippen molar-refractivity contribution in [2.24, 2.45) is 0 Å². The molecule has 2 saturated heterocycles. The molecule has 2 aromatic rings. The summed E-state index contributed by atoms with van der Waals surface area (Å²) in [5.41, 5.74) is 4.94. The SMILES string of the molecule is Cc1ncsc1-c1ccc(CNC(=O)[C@@H]2C[C@@H](O)CN2C(=O)[C@H](C)N2CCNCC2)cc1.Cl. The lowest BCUT2D eigenvalue weighted by molar-refractivity contribution is -0.142. The molecular formula is C23H32ClN5O3S. The van der Waals surface area contributed by atoms with Crippen LogP contribution in [0.2, 0.25) is 0 Å². The number of hydrogen-bond donors (Lipinski definition) is 3. The molecular weight excluding hydrogens is 462 g/mol. The van der Waals surface area contributed by atoms with Gasteiger partial charge >= 0.3 is 0 Å². The zero-order chi connectivity index (χ0) is 22.7. The molecule has 1 aromatic carbocycles. The Morgan fingerprint density at radius 3 is 2.61 bits per heavy atom. The van der Waals surface area contributed by atoms with Crippen molar-refractivity contribution in [2.45, 2.75) is 45.0 Å². The number of carbonyl (C=O) groups is 2. The van der Waals surface area contributed by atoms with Crippen LogP contribution in [-0.2, 0) is 16.1 Å². The van der Waals surface area contributed by atoms with E-state index in [1.54, 1.807) is 16.2 Å². The normalized spacial score (nSPS) is 22.0. The zero-order valence-corrected chi connectivity index (χ0v) is 20.6. The number of rotatable bonds is 6. The van der Waals surface area contributed by atoms with Crippen LogP contribution in [0.1, 0.15) is 24.6 Å². The van der Waals surface area contributed by atoms with Crippen molar-refractivity contribution in [3.8, 4) is 10.4 Å². The Morgan fingerprint density at radius 2 is 1.97 bits per heavy atom. The molecule has 0 radical (unpaired) electrons. The third-order valence-electron chi connectivity index (χ3n) is 6.35. The van der Waals surface area contributed by atoms with Gasteiger partial charge in [-0.25, -0.2) is 4.98 Å². The highest BCUT2D eigenvalue weighted by Gasteiger charge is 2.41. The van der Waals surface area contributed by atoms with E-state index in [-0.39, 0.29) is 43.2 Å². The van der Waals surface area contributed by atoms with Crippen LogP contribution in [0, 0.1) is 6.92 Å². The van der Waals surface area contributed by atoms with Gasteiger partial charge in [0, 0.05) is 45.7 Å². The molecule has 2 fully saturated rings. The Labute approximate surface area is 204 Å². The van der Waals surface area contributed by atoms with Crippen LogP contribution >= 0.6 is 23.7 Å². The fourth-order valence-electron chi connectivity index (χ4n) is 4.43. The molecule has 0 aliphatic carbocycles. The number of amides is 2. The Bertz CT molecular complexity index is 948. The maximum absolute atomic E-state index is 13.1. The lowest BCUT2D eigenvalue weighted by atomic mass is 10.1. The van der Waals surface area contributed by atoms with E-state index in [9.17, 15) is 14.7 Å². The van der Waals surface area contributed by atoms with Gasteiger partial charge in [0.05, 0.1) is 28.2 Å². The van der Waals surface area contributed by atoms with Crippen molar-refractivity contribution in [1.29, 1.82) is 0 Å². The Kier molecular flexibility index (Phi) is 8.83. The lowest BCUT2D eigenvalue weighted by Crippen LogP contribution is -2.56. The number of β-amino-alcohol motifs (C(OH)–C–C–N with tert-alkyl or cyclic N) is 1. The Hall–Kier alpha value is -2.04. The molecule has 0 bridgehead atoms. The maximum Gasteiger partial charge on any atom is 0.243 e. The third kappa shape index (κ3) is 5.91. The molecule has 4 rings (SSSR count). The summed E-state index contributed by atoms with van der Waals surface area (Å²) in [7, 11) is 0. The number of likely N-dealkylation sites (tertiary alicyclic amines) is 1. The van der Waals surface area contributed by atoms with E-state index in [2.05, 4.69) is 20.5 Å². The summed E-state index contributed by atoms with van der Waals surface area (Å²) in [5.74, 6) is -0.308. The van der Waals surface area contributed by atoms with Gasteiger partial charge in [0.2, 0.25) is 11.8 Å². The summed E-state index contributed by atoms with van der Waals surface area (Å²) in [4.78, 5) is 35.2. The van der Waals surface area contributed by atoms with Crippen LogP contribution < -0.4 is 10.6 Å². The standard InChI is InChI=1S/C23H31N5O3S.ClH/c1-15-21(32-14-26-15)18-5-3-17(4-6-18)12-25-22(30)20-11-19(29)13-28(20)23(31)16(2)27-9-7-24-8-10-27;/h3-6,14,16,19-20,24,29H,7-13H2,1-2H3,(H,25,30);1H/t16-,19+,20-;/m0./s1. The number of carbonyl (C=O) groups excluding carboxylic acids is 2. The van der Waals surface area contributed by atoms with Gasteiger partial charge in [0.25, 0.3) is 0 Å². The Morgan fingerprint density at radius 1 is 1.27 bits per heavy atom. The molecule has 3 N–H and O–H groups in total. The molecule has 3 heterocycles. The molecule has 10 heteroatoms. The van der Waals surface area contributed by atoms with E-state index in [4.69, 9.17) is 0 Å². The topological polar surface area (TPSA) is 97.8 Å². The Balaban J connectivity index is 0.00000306. The first-order valence-electron chi connectivity index (χ1n) is 11.1. The molecule has 3 atom stereocenters. The predicted octanol–water partition coefficient (Wildman–Crippen LogP) is 1.41. The number of piperazine rings is 1. The van der Waals surface area contributed by atoms with Gasteiger partial charge in [-0.1, -0.05) is 24.3 Å². The smallest absolute Gasteiger partial charge is 0.243 e. The quantitative estimate of drug-likeness (QED) is 0.563. The molecule has 0 spiro atoms. The van der Waals surface area contributed by atoms with E-state index in [1.807, 2.05) is 43.6 Å². The number of halogens is 1. The summed E-state index contributed by atoms with van der Waals surface area (Å²) >= 11 is 1.61. The van der Waals surface area contributed by atoms with E-state index in [0.29, 0.717) is 6.54 Å². The monoisotopic (exact) mass is 493 g/mol. The van der Waals surface area contributed by atoms with Crippen LogP contribution in [0.4, 0.5) is 0 Å². The number of hydrogen-bond acceptors (Lipinski definition) is 7. The van der Waals surface area contributed by atoms with E-state index in [1.165, 1.54) is 0 Å². The second kappa shape index (κ2) is 11.4. The van der Waals surface area contributed by atoms with Gasteiger partial charge in [0.15, 0.2) is 0 Å². The summed E-state index contributed by atoms with van der Waals surface area (Å²) in [6, 6.07) is 7.11. The van der Waals surface area contributed by atoms with Crippen LogP contribution in [0.25, 0.3) is 10.4 Å². The van der Waals surface area contributed by atoms with Crippen LogP contribution in [-0.4, -0.2) is 82.6 Å². The fraction of sp³-hybridized carbons (Fsp3) is 0.522. The minimum atomic E-state index is -0.674. The van der Waals surface area contributed by atoms with Crippen molar-refractivity contribution in [3.63, 3.8) is 0 Å². The summed E-state index contributed by atoms with van der Waals surface area (Å²) < 4.78 is 0. The molecule has 2 amide bonds. The lowest BCUT2D eigenvalue weighted by Gasteiger charge is -2.35. The first-order chi connectivity index (χ1) is 15.4. The van der Waals surface area contributed by atoms with Crippen LogP contribution in [0.3, 0.4) is 0 Å². The molecule has 2 aliphatic rings. The van der Waals surface area contributed by atoms with E-state index < -0.39 is 12.1 Å². The number of aliphatic hydroxyl groups is 1. The number of thiazole rings is 1. The minimum absolute atomic E-state index is 0. The minimum Gasteiger partial charge on any atom is -0.391 e. The highest BCUT2D eigenvalue weighted by atomic mass is 35.5. The number of aliphatic hydroxyl groups excluding tert-OH is 1. The van der Waals surface area contributed by atoms with Crippen molar-refractivity contribution in [2.75, 3.05) is 32.7 Å². The summed E-state index contributed by atoms with van der Waals surface area (Å²) in [6.07, 6.45) is -0.401. The van der Waals surface area contributed by atoms with E-state index >= 15 is 0 Å². The maximum atomic E-state index is 13.1. The average Bonchev–Trinajstić information content (AvgIpc) is 3.43. The molecule has 0 saturated carbocycles. The van der Waals surface area contributed by atoms with Gasteiger partial charge in [-0.2, -0.15) is 0 Å². The fourth-order valence-corrected chi connectivity index (χ4v) is 5.24. The number of nitrogens with one attached hydrogen (secondary N) is 2. The largest absolute Gasteiger partial charge is 0.391 e. The molecule has 33 heavy (non-hydrogen) atoms. The number of aryl methyl sites for hydroxylation is 1. The molecule has 2 aliphatic heterocycles. The van der Waals surface area contributed by atoms with Gasteiger partial charge in [0.1, 0.15) is 6.04 Å². The van der Waals surface area contributed by atoms with Crippen molar-refractivity contribution < 1.29 is 14.7 Å². The molecule has 180 valence electrons. The predicted molar refractivity (Wildman–Crippen MR) is 131 cm³/mol. The molecule has 0 unspecified atom stereocenters. The summed E-state index contributed by atoms with van der Waals surface area (Å²) in [6.45, 7) is 7.77. The third-order valence-corrected chi connectivity index (χ3v) is 7.33. The zero-order valence-electron chi connectivity index (χ0n) is 19.0. The van der Waals surface area contributed by atoms with Gasteiger partial charge in [-0.15, -0.1) is 23.7 Å². The molecule has 1 aromatic heterocycles. The van der Waals surface area contributed by atoms with Gasteiger partial charge in [-0.3, -0.25) is 14.5 Å². The second-order valence-corrected chi connectivity index (χ2v) is 9.39. The molecule has 8 nitrogen and oxygen atoms in total. The first kappa shape index (κ1) is 25.6. The highest BCUT2D eigenvalue weighted by molar-refractivity contribution is 7.13. The average molecular weight is 494 g/mol. The van der Waals surface area contributed by atoms with Crippen LogP contribution in [0.5, 0.6) is 0 Å². The van der Waals surface area contributed by atoms with Gasteiger partial charge in [-0.05, 0) is 25.0 Å². The first-order valence-corrected chi connectivity index (χ1v) is 12.0. The number of benzene rings is 1. The van der Waals surface area contributed by atoms with E-state index in [0.717, 1.165) is 47.9 Å². The number of aromatic nitrogens is 1. The van der Waals surface area contributed by atoms with Crippen molar-refractivity contribution in [1.82, 2.24) is 25.4 Å². The summed E-state index contributed by atoms with van der Waals surface area (Å²) in [5, 5.41) is 16.4. The highest BCUT2D eigenvalue weighted by Crippen LogP contribution is 2.27. The van der Waals surface area contributed by atoms with Crippen molar-refractivity contribution >= 4 is 35.6 Å². The second-order valence-electron chi connectivity index (χ2n) is 8.54.